The van der Waals surface area contributed by atoms with Gasteiger partial charge >= 0.3 is 0 Å². The molecule has 1 N–H and O–H groups in total. The first-order valence-electron chi connectivity index (χ1n) is 10.2. The van der Waals surface area contributed by atoms with E-state index in [1.165, 1.54) is 19.1 Å². The summed E-state index contributed by atoms with van der Waals surface area (Å²) in [5.41, 5.74) is 1.28. The second kappa shape index (κ2) is 7.30. The third kappa shape index (κ3) is 3.10. The van der Waals surface area contributed by atoms with Crippen molar-refractivity contribution in [3.05, 3.63) is 89.2 Å². The zero-order valence-corrected chi connectivity index (χ0v) is 17.2. The van der Waals surface area contributed by atoms with Gasteiger partial charge in [-0.3, -0.25) is 4.79 Å². The first-order valence-corrected chi connectivity index (χ1v) is 10.2. The van der Waals surface area contributed by atoms with Gasteiger partial charge in [0.05, 0.1) is 25.2 Å². The first-order chi connectivity index (χ1) is 15.0. The number of para-hydroxylation sites is 1. The standard InChI is InChI=1S/C25H22FNO4/c1-15(28)27-25-20-5-3-4-6-23(20)30-14-21(25)24(16-7-10-18(29-2)11-8-16)19-13-17(26)9-12-22(19)31-25/h3-13,21,24H,14H2,1-2H3,(H,27,28)/t21-,24+,25-/m0/s1. The van der Waals surface area contributed by atoms with Crippen molar-refractivity contribution >= 4 is 5.91 Å². The van der Waals surface area contributed by atoms with Crippen LogP contribution in [0.3, 0.4) is 0 Å². The van der Waals surface area contributed by atoms with Gasteiger partial charge in [-0.1, -0.05) is 24.3 Å². The Morgan fingerprint density at radius 1 is 1.10 bits per heavy atom. The molecule has 3 atom stereocenters. The molecule has 0 saturated carbocycles. The number of carbonyl (C=O) groups is 1. The molecule has 0 bridgehead atoms. The summed E-state index contributed by atoms with van der Waals surface area (Å²) in [7, 11) is 1.61. The molecular weight excluding hydrogens is 397 g/mol. The average Bonchev–Trinajstić information content (AvgIpc) is 2.77. The predicted octanol–water partition coefficient (Wildman–Crippen LogP) is 4.36. The average molecular weight is 419 g/mol. The third-order valence-electron chi connectivity index (χ3n) is 6.04. The summed E-state index contributed by atoms with van der Waals surface area (Å²) >= 11 is 0. The van der Waals surface area contributed by atoms with Crippen LogP contribution in [0.25, 0.3) is 0 Å². The zero-order chi connectivity index (χ0) is 21.6. The van der Waals surface area contributed by atoms with E-state index in [0.717, 1.165) is 22.4 Å². The van der Waals surface area contributed by atoms with Crippen LogP contribution in [0.4, 0.5) is 4.39 Å². The van der Waals surface area contributed by atoms with Crippen LogP contribution in [0.15, 0.2) is 66.7 Å². The molecule has 5 rings (SSSR count). The molecule has 0 unspecified atom stereocenters. The van der Waals surface area contributed by atoms with E-state index in [9.17, 15) is 9.18 Å². The van der Waals surface area contributed by atoms with Crippen LogP contribution in [0.5, 0.6) is 17.2 Å². The van der Waals surface area contributed by atoms with Crippen molar-refractivity contribution in [3.8, 4) is 17.2 Å². The van der Waals surface area contributed by atoms with Crippen molar-refractivity contribution in [1.29, 1.82) is 0 Å². The molecule has 0 saturated heterocycles. The van der Waals surface area contributed by atoms with Crippen LogP contribution in [0.1, 0.15) is 29.5 Å². The van der Waals surface area contributed by atoms with Gasteiger partial charge in [0.25, 0.3) is 0 Å². The Kier molecular flexibility index (Phi) is 4.58. The maximum absolute atomic E-state index is 14.3. The molecule has 0 aromatic heterocycles. The maximum Gasteiger partial charge on any atom is 0.220 e. The van der Waals surface area contributed by atoms with Gasteiger partial charge in [0.15, 0.2) is 0 Å². The second-order valence-corrected chi connectivity index (χ2v) is 7.87. The van der Waals surface area contributed by atoms with Crippen LogP contribution >= 0.6 is 0 Å². The Morgan fingerprint density at radius 3 is 2.61 bits per heavy atom. The highest BCUT2D eigenvalue weighted by molar-refractivity contribution is 5.74. The molecule has 0 radical (unpaired) electrons. The van der Waals surface area contributed by atoms with E-state index < -0.39 is 5.72 Å². The number of hydrogen-bond acceptors (Lipinski definition) is 4. The Bertz CT molecular complexity index is 1150. The summed E-state index contributed by atoms with van der Waals surface area (Å²) in [5.74, 6) is 0.759. The van der Waals surface area contributed by atoms with E-state index in [2.05, 4.69) is 5.32 Å². The van der Waals surface area contributed by atoms with Crippen molar-refractivity contribution in [2.75, 3.05) is 13.7 Å². The minimum Gasteiger partial charge on any atom is -0.497 e. The van der Waals surface area contributed by atoms with Crippen molar-refractivity contribution in [2.24, 2.45) is 5.92 Å². The molecule has 0 aliphatic carbocycles. The van der Waals surface area contributed by atoms with Crippen molar-refractivity contribution in [3.63, 3.8) is 0 Å². The number of amides is 1. The van der Waals surface area contributed by atoms with Gasteiger partial charge in [0, 0.05) is 18.4 Å². The zero-order valence-electron chi connectivity index (χ0n) is 17.2. The van der Waals surface area contributed by atoms with Crippen LogP contribution in [-0.4, -0.2) is 19.6 Å². The summed E-state index contributed by atoms with van der Waals surface area (Å²) in [6.07, 6.45) is 0. The van der Waals surface area contributed by atoms with E-state index in [1.54, 1.807) is 13.2 Å². The second-order valence-electron chi connectivity index (χ2n) is 7.87. The molecule has 2 heterocycles. The fourth-order valence-electron chi connectivity index (χ4n) is 4.77. The molecule has 31 heavy (non-hydrogen) atoms. The lowest BCUT2D eigenvalue weighted by atomic mass is 9.70. The molecule has 1 amide bonds. The fraction of sp³-hybridized carbons (Fsp3) is 0.240. The number of nitrogens with one attached hydrogen (secondary N) is 1. The highest BCUT2D eigenvalue weighted by atomic mass is 19.1. The molecule has 5 nitrogen and oxygen atoms in total. The van der Waals surface area contributed by atoms with Crippen molar-refractivity contribution < 1.29 is 23.4 Å². The Morgan fingerprint density at radius 2 is 1.87 bits per heavy atom. The highest BCUT2D eigenvalue weighted by Gasteiger charge is 2.56. The van der Waals surface area contributed by atoms with E-state index in [0.29, 0.717) is 18.1 Å². The normalized spacial score (nSPS) is 23.3. The Labute approximate surface area is 179 Å². The van der Waals surface area contributed by atoms with Gasteiger partial charge in [-0.15, -0.1) is 0 Å². The quantitative estimate of drug-likeness (QED) is 0.686. The minimum absolute atomic E-state index is 0.222. The predicted molar refractivity (Wildman–Crippen MR) is 113 cm³/mol. The number of fused-ring (bicyclic) bond motifs is 4. The van der Waals surface area contributed by atoms with Gasteiger partial charge in [0.2, 0.25) is 11.6 Å². The molecule has 158 valence electrons. The van der Waals surface area contributed by atoms with Gasteiger partial charge in [-0.25, -0.2) is 4.39 Å². The van der Waals surface area contributed by atoms with Crippen LogP contribution in [0.2, 0.25) is 0 Å². The number of ether oxygens (including phenoxy) is 3. The van der Waals surface area contributed by atoms with Gasteiger partial charge < -0.3 is 19.5 Å². The Hall–Kier alpha value is -3.54. The fourth-order valence-corrected chi connectivity index (χ4v) is 4.77. The number of hydrogen-bond donors (Lipinski definition) is 1. The topological polar surface area (TPSA) is 56.8 Å². The molecule has 3 aromatic rings. The van der Waals surface area contributed by atoms with Gasteiger partial charge in [0.1, 0.15) is 23.1 Å². The van der Waals surface area contributed by atoms with Crippen LogP contribution in [-0.2, 0) is 10.5 Å². The highest BCUT2D eigenvalue weighted by Crippen LogP contribution is 2.54. The molecule has 2 aliphatic heterocycles. The number of halogens is 1. The number of carbonyl (C=O) groups excluding carboxylic acids is 1. The van der Waals surface area contributed by atoms with Crippen molar-refractivity contribution in [2.45, 2.75) is 18.6 Å². The van der Waals surface area contributed by atoms with Crippen molar-refractivity contribution in [1.82, 2.24) is 5.32 Å². The minimum atomic E-state index is -1.14. The van der Waals surface area contributed by atoms with Gasteiger partial charge in [-0.05, 0) is 48.0 Å². The molecule has 2 aliphatic rings. The third-order valence-corrected chi connectivity index (χ3v) is 6.04. The summed E-state index contributed by atoms with van der Waals surface area (Å²) in [4.78, 5) is 12.4. The van der Waals surface area contributed by atoms with Crippen LogP contribution < -0.4 is 19.5 Å². The SMILES string of the molecule is COc1ccc([C@@H]2c3cc(F)ccc3O[C@@]3(NC(C)=O)c4ccccc4OC[C@@H]23)cc1. The monoisotopic (exact) mass is 419 g/mol. The first kappa shape index (κ1) is 19.4. The van der Waals surface area contributed by atoms with Gasteiger partial charge in [-0.2, -0.15) is 0 Å². The number of methoxy groups -OCH3 is 1. The molecule has 6 heteroatoms. The molecule has 3 aromatic carbocycles. The number of rotatable bonds is 3. The lowest BCUT2D eigenvalue weighted by Crippen LogP contribution is -2.61. The van der Waals surface area contributed by atoms with E-state index in [-0.39, 0.29) is 23.6 Å². The van der Waals surface area contributed by atoms with E-state index >= 15 is 0 Å². The smallest absolute Gasteiger partial charge is 0.220 e. The molecule has 0 spiro atoms. The maximum atomic E-state index is 14.3. The summed E-state index contributed by atoms with van der Waals surface area (Å²) < 4.78 is 32.2. The summed E-state index contributed by atoms with van der Waals surface area (Å²) in [6, 6.07) is 19.7. The lowest BCUT2D eigenvalue weighted by molar-refractivity contribution is -0.135. The summed E-state index contributed by atoms with van der Waals surface area (Å²) in [5, 5.41) is 3.07. The lowest BCUT2D eigenvalue weighted by Gasteiger charge is -2.51. The van der Waals surface area contributed by atoms with E-state index in [1.807, 2.05) is 48.5 Å². The number of benzene rings is 3. The molecular formula is C25H22FNO4. The Balaban J connectivity index is 1.75. The van der Waals surface area contributed by atoms with E-state index in [4.69, 9.17) is 14.2 Å². The molecule has 0 fully saturated rings. The largest absolute Gasteiger partial charge is 0.497 e. The van der Waals surface area contributed by atoms with Crippen LogP contribution in [0, 0.1) is 11.7 Å². The summed E-state index contributed by atoms with van der Waals surface area (Å²) in [6.45, 7) is 1.76.